The Morgan fingerprint density at radius 1 is 1.21 bits per heavy atom. The number of amides is 1. The smallest absolute Gasteiger partial charge is 0.330 e. The predicted octanol–water partition coefficient (Wildman–Crippen LogP) is 2.07. The van der Waals surface area contributed by atoms with Crippen LogP contribution >= 0.6 is 11.6 Å². The van der Waals surface area contributed by atoms with E-state index in [0.29, 0.717) is 25.4 Å². The highest BCUT2D eigenvalue weighted by Gasteiger charge is 2.23. The van der Waals surface area contributed by atoms with E-state index in [0.717, 1.165) is 25.7 Å². The van der Waals surface area contributed by atoms with Crippen LogP contribution < -0.4 is 21.9 Å². The number of carbonyl (C=O) groups is 1. The third-order valence-electron chi connectivity index (χ3n) is 3.78. The quantitative estimate of drug-likeness (QED) is 0.625. The average molecular weight is 359 g/mol. The molecule has 7 nitrogen and oxygen atoms in total. The Morgan fingerprint density at radius 2 is 1.88 bits per heavy atom. The van der Waals surface area contributed by atoms with Crippen molar-refractivity contribution in [3.63, 3.8) is 0 Å². The Balaban J connectivity index is 3.32. The van der Waals surface area contributed by atoms with Gasteiger partial charge in [-0.25, -0.2) is 4.79 Å². The Labute approximate surface area is 146 Å². The van der Waals surface area contributed by atoms with Gasteiger partial charge in [0.05, 0.1) is 0 Å². The van der Waals surface area contributed by atoms with Crippen LogP contribution in [0, 0.1) is 0 Å². The minimum absolute atomic E-state index is 0.0486. The summed E-state index contributed by atoms with van der Waals surface area (Å²) in [5.74, 6) is 0.212. The Morgan fingerprint density at radius 3 is 2.46 bits per heavy atom. The van der Waals surface area contributed by atoms with Gasteiger partial charge in [0.1, 0.15) is 5.82 Å². The number of nitrogens with zero attached hydrogens (tertiary/aromatic N) is 2. The Bertz CT molecular complexity index is 654. The fraction of sp³-hybridized carbons (Fsp3) is 0.688. The minimum atomic E-state index is -0.624. The van der Waals surface area contributed by atoms with Crippen LogP contribution in [0.15, 0.2) is 9.59 Å². The summed E-state index contributed by atoms with van der Waals surface area (Å²) < 4.78 is 1.33. The third kappa shape index (κ3) is 5.12. The molecule has 0 aliphatic rings. The van der Waals surface area contributed by atoms with Crippen LogP contribution in [0.1, 0.15) is 52.4 Å². The first-order chi connectivity index (χ1) is 11.5. The van der Waals surface area contributed by atoms with Crippen LogP contribution in [0.4, 0.5) is 11.5 Å². The average Bonchev–Trinajstić information content (AvgIpc) is 2.55. The zero-order valence-electron chi connectivity index (χ0n) is 14.4. The molecule has 0 aromatic carbocycles. The van der Waals surface area contributed by atoms with Crippen LogP contribution in [-0.2, 0) is 11.3 Å². The predicted molar refractivity (Wildman–Crippen MR) is 97.9 cm³/mol. The van der Waals surface area contributed by atoms with Gasteiger partial charge in [-0.1, -0.05) is 26.7 Å². The standard InChI is InChI=1S/C16H27ClN4O3/c1-3-5-10-20(12(22)8-7-9-17)13-14(18)21(11-6-4-2)16(24)19-15(13)23/h3-11,18H2,1-2H3,(H,19,23,24). The number of aromatic amines is 1. The molecule has 0 fully saturated rings. The number of nitrogen functional groups attached to an aromatic ring is 1. The first-order valence-corrected chi connectivity index (χ1v) is 9.00. The summed E-state index contributed by atoms with van der Waals surface area (Å²) in [4.78, 5) is 40.5. The molecule has 8 heteroatoms. The minimum Gasteiger partial charge on any atom is -0.383 e. The second kappa shape index (κ2) is 10.2. The van der Waals surface area contributed by atoms with Crippen LogP contribution in [0.2, 0.25) is 0 Å². The van der Waals surface area contributed by atoms with E-state index in [1.54, 1.807) is 0 Å². The molecule has 1 aromatic heterocycles. The molecule has 0 aliphatic heterocycles. The van der Waals surface area contributed by atoms with Gasteiger partial charge in [-0.3, -0.25) is 19.1 Å². The lowest BCUT2D eigenvalue weighted by atomic mass is 10.2. The lowest BCUT2D eigenvalue weighted by molar-refractivity contribution is -0.118. The molecule has 0 atom stereocenters. The molecule has 3 N–H and O–H groups in total. The molecule has 0 saturated heterocycles. The van der Waals surface area contributed by atoms with Gasteiger partial charge < -0.3 is 10.6 Å². The molecule has 1 heterocycles. The molecule has 0 saturated carbocycles. The van der Waals surface area contributed by atoms with Crippen molar-refractivity contribution in [1.82, 2.24) is 9.55 Å². The molecule has 24 heavy (non-hydrogen) atoms. The lowest BCUT2D eigenvalue weighted by Crippen LogP contribution is -2.41. The fourth-order valence-corrected chi connectivity index (χ4v) is 2.54. The topological polar surface area (TPSA) is 101 Å². The van der Waals surface area contributed by atoms with Crippen molar-refractivity contribution >= 4 is 29.0 Å². The van der Waals surface area contributed by atoms with E-state index in [9.17, 15) is 14.4 Å². The number of H-pyrrole nitrogens is 1. The molecule has 0 bridgehead atoms. The first-order valence-electron chi connectivity index (χ1n) is 8.46. The molecule has 0 spiro atoms. The molecule has 136 valence electrons. The summed E-state index contributed by atoms with van der Waals surface area (Å²) in [7, 11) is 0. The van der Waals surface area contributed by atoms with E-state index in [1.807, 2.05) is 13.8 Å². The number of hydrogen-bond donors (Lipinski definition) is 2. The number of nitrogens with two attached hydrogens (primary N) is 1. The second-order valence-corrected chi connectivity index (χ2v) is 6.07. The van der Waals surface area contributed by atoms with Crippen molar-refractivity contribution in [3.05, 3.63) is 20.8 Å². The number of anilines is 2. The summed E-state index contributed by atoms with van der Waals surface area (Å²) >= 11 is 5.66. The normalized spacial score (nSPS) is 10.8. The third-order valence-corrected chi connectivity index (χ3v) is 4.05. The van der Waals surface area contributed by atoms with Crippen LogP contribution in [0.5, 0.6) is 0 Å². The largest absolute Gasteiger partial charge is 0.383 e. The van der Waals surface area contributed by atoms with E-state index in [4.69, 9.17) is 17.3 Å². The maximum atomic E-state index is 12.5. The molecule has 1 aromatic rings. The van der Waals surface area contributed by atoms with Crippen molar-refractivity contribution in [1.29, 1.82) is 0 Å². The highest BCUT2D eigenvalue weighted by Crippen LogP contribution is 2.19. The molecule has 0 aliphatic carbocycles. The van der Waals surface area contributed by atoms with Crippen molar-refractivity contribution in [2.45, 2.75) is 58.9 Å². The zero-order chi connectivity index (χ0) is 18.1. The summed E-state index contributed by atoms with van der Waals surface area (Å²) in [6.45, 7) is 4.79. The molecule has 1 rings (SSSR count). The maximum absolute atomic E-state index is 12.5. The van der Waals surface area contributed by atoms with Crippen molar-refractivity contribution in [3.8, 4) is 0 Å². The molecular weight excluding hydrogens is 332 g/mol. The number of unbranched alkanes of at least 4 members (excludes halogenated alkanes) is 2. The van der Waals surface area contributed by atoms with Gasteiger partial charge in [-0.2, -0.15) is 0 Å². The molecular formula is C16H27ClN4O3. The maximum Gasteiger partial charge on any atom is 0.330 e. The highest BCUT2D eigenvalue weighted by molar-refractivity contribution is 6.18. The number of alkyl halides is 1. The number of hydrogen-bond acceptors (Lipinski definition) is 4. The number of aromatic nitrogens is 2. The molecule has 1 amide bonds. The molecule has 0 unspecified atom stereocenters. The van der Waals surface area contributed by atoms with E-state index in [2.05, 4.69) is 4.98 Å². The van der Waals surface area contributed by atoms with Gasteiger partial charge in [-0.05, 0) is 19.3 Å². The van der Waals surface area contributed by atoms with Crippen molar-refractivity contribution in [2.75, 3.05) is 23.1 Å². The van der Waals surface area contributed by atoms with Crippen molar-refractivity contribution < 1.29 is 4.79 Å². The van der Waals surface area contributed by atoms with Gasteiger partial charge in [-0.15, -0.1) is 11.6 Å². The zero-order valence-corrected chi connectivity index (χ0v) is 15.2. The van der Waals surface area contributed by atoms with Gasteiger partial charge in [0.15, 0.2) is 5.69 Å². The second-order valence-electron chi connectivity index (χ2n) is 5.69. The summed E-state index contributed by atoms with van der Waals surface area (Å²) in [6.07, 6.45) is 4.00. The van der Waals surface area contributed by atoms with Gasteiger partial charge >= 0.3 is 5.69 Å². The highest BCUT2D eigenvalue weighted by atomic mass is 35.5. The van der Waals surface area contributed by atoms with E-state index < -0.39 is 11.2 Å². The monoisotopic (exact) mass is 358 g/mol. The number of halogens is 1. The van der Waals surface area contributed by atoms with Gasteiger partial charge in [0, 0.05) is 25.4 Å². The van der Waals surface area contributed by atoms with Gasteiger partial charge in [0.25, 0.3) is 5.56 Å². The van der Waals surface area contributed by atoms with Crippen LogP contribution in [-0.4, -0.2) is 27.9 Å². The lowest BCUT2D eigenvalue weighted by Gasteiger charge is -2.24. The Hall–Kier alpha value is -1.76. The Kier molecular flexibility index (Phi) is 8.60. The number of rotatable bonds is 10. The summed E-state index contributed by atoms with van der Waals surface area (Å²) in [5.41, 5.74) is 4.99. The first kappa shape index (κ1) is 20.3. The summed E-state index contributed by atoms with van der Waals surface area (Å²) in [6, 6.07) is 0. The van der Waals surface area contributed by atoms with Crippen LogP contribution in [0.3, 0.4) is 0 Å². The van der Waals surface area contributed by atoms with Crippen LogP contribution in [0.25, 0.3) is 0 Å². The molecule has 0 radical (unpaired) electrons. The number of carbonyl (C=O) groups excluding carboxylic acids is 1. The van der Waals surface area contributed by atoms with Gasteiger partial charge in [0.2, 0.25) is 5.91 Å². The SMILES string of the molecule is CCCCN(C(=O)CCCCl)c1c(N)n(CCCC)c(=O)[nH]c1=O. The summed E-state index contributed by atoms with van der Waals surface area (Å²) in [5, 5.41) is 0. The fourth-order valence-electron chi connectivity index (χ4n) is 2.41. The van der Waals surface area contributed by atoms with E-state index >= 15 is 0 Å². The number of nitrogens with one attached hydrogen (secondary N) is 1. The van der Waals surface area contributed by atoms with E-state index in [1.165, 1.54) is 9.47 Å². The van der Waals surface area contributed by atoms with Crippen molar-refractivity contribution in [2.24, 2.45) is 0 Å². The van der Waals surface area contributed by atoms with E-state index in [-0.39, 0.29) is 23.8 Å².